The van der Waals surface area contributed by atoms with Crippen LogP contribution in [-0.2, 0) is 25.7 Å². The highest BCUT2D eigenvalue weighted by atomic mass is 32.1. The molecule has 0 unspecified atom stereocenters. The number of hydrogen-bond donors (Lipinski definition) is 1. The first-order valence-electron chi connectivity index (χ1n) is 16.3. The molecule has 2 aliphatic carbocycles. The van der Waals surface area contributed by atoms with Gasteiger partial charge in [-0.3, -0.25) is 14.4 Å². The molecule has 0 saturated heterocycles. The minimum atomic E-state index is -0.872. The van der Waals surface area contributed by atoms with Crippen LogP contribution in [0.3, 0.4) is 0 Å². The summed E-state index contributed by atoms with van der Waals surface area (Å²) in [5.74, 6) is 1.58. The predicted molar refractivity (Wildman–Crippen MR) is 180 cm³/mol. The molecule has 9 nitrogen and oxygen atoms in total. The van der Waals surface area contributed by atoms with Gasteiger partial charge in [0.1, 0.15) is 27.9 Å². The number of terminal acetylenes is 1. The van der Waals surface area contributed by atoms with E-state index in [0.717, 1.165) is 35.8 Å². The van der Waals surface area contributed by atoms with Crippen LogP contribution in [-0.4, -0.2) is 64.4 Å². The molecule has 5 atom stereocenters. The first kappa shape index (κ1) is 32.9. The Hall–Kier alpha value is -4.07. The lowest BCUT2D eigenvalue weighted by molar-refractivity contribution is -0.151. The summed E-state index contributed by atoms with van der Waals surface area (Å²) in [6.45, 7) is 2.43. The number of aliphatic hydroxyl groups excluding tert-OH is 1. The van der Waals surface area contributed by atoms with Crippen molar-refractivity contribution in [2.24, 2.45) is 23.2 Å². The topological polar surface area (TPSA) is 119 Å². The van der Waals surface area contributed by atoms with Gasteiger partial charge >= 0.3 is 5.97 Å². The van der Waals surface area contributed by atoms with Crippen molar-refractivity contribution in [2.75, 3.05) is 20.7 Å². The number of aliphatic hydroxyl groups is 1. The minimum Gasteiger partial charge on any atom is -0.490 e. The predicted octanol–water partition coefficient (Wildman–Crippen LogP) is 5.64. The molecule has 3 aromatic rings. The summed E-state index contributed by atoms with van der Waals surface area (Å²) in [6, 6.07) is 5.62. The normalized spacial score (nSPS) is 27.3. The number of nitrogens with zero attached hydrogens (tertiary/aromatic N) is 3. The van der Waals surface area contributed by atoms with E-state index < -0.39 is 17.3 Å². The first-order chi connectivity index (χ1) is 22.7. The maximum atomic E-state index is 14.2. The zero-order valence-corrected chi connectivity index (χ0v) is 28.0. The third-order valence-corrected chi connectivity index (χ3v) is 11.1. The van der Waals surface area contributed by atoms with Gasteiger partial charge in [-0.05, 0) is 80.9 Å². The van der Waals surface area contributed by atoms with Gasteiger partial charge in [-0.1, -0.05) is 18.2 Å². The highest BCUT2D eigenvalue weighted by Gasteiger charge is 2.61. The molecular formula is C37H41N3O6S. The average Bonchev–Trinajstić information content (AvgIpc) is 3.55. The number of ketones is 1. The molecule has 1 amide bonds. The number of ether oxygens (including phenoxy) is 2. The van der Waals surface area contributed by atoms with Crippen molar-refractivity contribution >= 4 is 39.9 Å². The van der Waals surface area contributed by atoms with Gasteiger partial charge in [-0.15, -0.1) is 17.8 Å². The molecule has 6 rings (SSSR count). The number of hydrogen-bond acceptors (Lipinski definition) is 9. The fraction of sp³-hybridized carbons (Fsp3) is 0.486. The quantitative estimate of drug-likeness (QED) is 0.213. The van der Waals surface area contributed by atoms with Crippen LogP contribution < -0.4 is 4.74 Å². The van der Waals surface area contributed by atoms with Crippen LogP contribution in [0.1, 0.15) is 68.2 Å². The Labute approximate surface area is 279 Å². The zero-order valence-electron chi connectivity index (χ0n) is 27.2. The number of rotatable bonds is 5. The number of carbonyl (C=O) groups is 3. The van der Waals surface area contributed by atoms with E-state index >= 15 is 0 Å². The highest BCUT2D eigenvalue weighted by molar-refractivity contribution is 7.13. The van der Waals surface area contributed by atoms with Crippen molar-refractivity contribution in [2.45, 2.75) is 71.0 Å². The number of carbonyl (C=O) groups excluding carboxylic acids is 3. The molecule has 246 valence electrons. The Kier molecular flexibility index (Phi) is 9.49. The van der Waals surface area contributed by atoms with Crippen LogP contribution in [0.25, 0.3) is 21.6 Å². The minimum absolute atomic E-state index is 0.0224. The second-order valence-electron chi connectivity index (χ2n) is 13.1. The van der Waals surface area contributed by atoms with Crippen molar-refractivity contribution in [3.63, 3.8) is 0 Å². The molecule has 0 bridgehead atoms. The van der Waals surface area contributed by atoms with Gasteiger partial charge in [0.2, 0.25) is 5.91 Å². The lowest BCUT2D eigenvalue weighted by Gasteiger charge is -2.37. The van der Waals surface area contributed by atoms with E-state index in [1.165, 1.54) is 18.4 Å². The summed E-state index contributed by atoms with van der Waals surface area (Å²) >= 11 is 1.39. The number of amides is 1. The number of allylic oxidation sites excluding steroid dienone is 2. The summed E-state index contributed by atoms with van der Waals surface area (Å²) < 4.78 is 11.9. The van der Waals surface area contributed by atoms with Crippen LogP contribution in [0.5, 0.6) is 5.75 Å². The number of benzene rings is 1. The molecular weight excluding hydrogens is 614 g/mol. The Morgan fingerprint density at radius 2 is 2.04 bits per heavy atom. The number of thiazole rings is 1. The summed E-state index contributed by atoms with van der Waals surface area (Å²) in [5, 5.41) is 13.2. The number of esters is 1. The lowest BCUT2D eigenvalue weighted by Crippen LogP contribution is -2.45. The largest absolute Gasteiger partial charge is 0.490 e. The van der Waals surface area contributed by atoms with E-state index in [9.17, 15) is 19.5 Å². The Morgan fingerprint density at radius 3 is 2.79 bits per heavy atom. The Balaban J connectivity index is 1.34. The molecule has 0 radical (unpaired) electrons. The van der Waals surface area contributed by atoms with Crippen molar-refractivity contribution in [1.82, 2.24) is 14.9 Å². The second kappa shape index (κ2) is 13.6. The molecule has 2 aromatic heterocycles. The smallest absolute Gasteiger partial charge is 0.312 e. The van der Waals surface area contributed by atoms with Gasteiger partial charge in [0.25, 0.3) is 0 Å². The number of Topliss-reactive ketones (excluding diaryl/α,β-unsaturated/α-hetero) is 1. The molecule has 3 heterocycles. The van der Waals surface area contributed by atoms with Crippen molar-refractivity contribution in [3.8, 4) is 28.8 Å². The van der Waals surface area contributed by atoms with Gasteiger partial charge in [0.15, 0.2) is 0 Å². The number of fused-ring (bicyclic) bond motifs is 3. The van der Waals surface area contributed by atoms with Crippen LogP contribution in [0.4, 0.5) is 0 Å². The fourth-order valence-corrected chi connectivity index (χ4v) is 8.07. The van der Waals surface area contributed by atoms with Crippen LogP contribution >= 0.6 is 11.3 Å². The monoisotopic (exact) mass is 655 g/mol. The third kappa shape index (κ3) is 6.43. The maximum absolute atomic E-state index is 14.2. The Bertz CT molecular complexity index is 1780. The Morgan fingerprint density at radius 1 is 1.21 bits per heavy atom. The SMILES string of the molecule is C#Cc1csc(-c2cc(O[C@H]3CC[C@H]4C(=O)N(C)CCCC/C=C\[C@H]5C[C@@]5(C(=O)OC)CC(=O)[C@@H]4C3)c3ccc(CO)c(C)c3n2)n1. The summed E-state index contributed by atoms with van der Waals surface area (Å²) in [4.78, 5) is 52.2. The van der Waals surface area contributed by atoms with Crippen molar-refractivity contribution in [3.05, 3.63) is 52.6 Å². The van der Waals surface area contributed by atoms with E-state index in [-0.39, 0.29) is 42.7 Å². The van der Waals surface area contributed by atoms with Gasteiger partial charge in [0, 0.05) is 48.7 Å². The second-order valence-corrected chi connectivity index (χ2v) is 14.0. The zero-order chi connectivity index (χ0) is 33.3. The standard InChI is InChI=1S/C37H41N3O6S/c1-5-25-21-47-34(38-25)30-17-32(28-13-11-23(20-41)22(2)33(28)39-30)46-26-12-14-27-29(16-26)31(42)19-37(36(44)45-4)18-24(37)10-8-6-7-9-15-40(3)35(27)43/h1,8,10-11,13,17,21,24,26-27,29,41H,6-7,9,12,14-16,18-20H2,2-4H3/b10-8-/t24-,26-,27+,29+,37+/m0/s1. The molecule has 1 aliphatic heterocycles. The number of pyridine rings is 1. The molecule has 47 heavy (non-hydrogen) atoms. The summed E-state index contributed by atoms with van der Waals surface area (Å²) in [6.07, 6.45) is 14.1. The van der Waals surface area contributed by atoms with Gasteiger partial charge in [-0.2, -0.15) is 0 Å². The van der Waals surface area contributed by atoms with Crippen LogP contribution in [0, 0.1) is 42.4 Å². The average molecular weight is 656 g/mol. The molecule has 10 heteroatoms. The van der Waals surface area contributed by atoms with Crippen LogP contribution in [0.15, 0.2) is 35.7 Å². The van der Waals surface area contributed by atoms with Gasteiger partial charge in [0.05, 0.1) is 30.8 Å². The van der Waals surface area contributed by atoms with Gasteiger partial charge < -0.3 is 19.5 Å². The fourth-order valence-electron chi connectivity index (χ4n) is 7.35. The molecule has 2 fully saturated rings. The molecule has 1 N–H and O–H groups in total. The molecule has 0 spiro atoms. The molecule has 2 saturated carbocycles. The maximum Gasteiger partial charge on any atom is 0.312 e. The van der Waals surface area contributed by atoms with Crippen molar-refractivity contribution in [1.29, 1.82) is 0 Å². The first-order valence-corrected chi connectivity index (χ1v) is 17.2. The number of aryl methyl sites for hydroxylation is 1. The number of methoxy groups -OCH3 is 1. The summed E-state index contributed by atoms with van der Waals surface area (Å²) in [7, 11) is 3.19. The van der Waals surface area contributed by atoms with E-state index in [4.69, 9.17) is 20.9 Å². The highest BCUT2D eigenvalue weighted by Crippen LogP contribution is 2.58. The lowest BCUT2D eigenvalue weighted by atomic mass is 9.72. The van der Waals surface area contributed by atoms with Crippen LogP contribution in [0.2, 0.25) is 0 Å². The van der Waals surface area contributed by atoms with E-state index in [2.05, 4.69) is 23.1 Å². The van der Waals surface area contributed by atoms with Crippen molar-refractivity contribution < 1.29 is 29.0 Å². The molecule has 3 aliphatic rings. The summed E-state index contributed by atoms with van der Waals surface area (Å²) in [5.41, 5.74) is 2.54. The van der Waals surface area contributed by atoms with E-state index in [1.807, 2.05) is 32.2 Å². The molecule has 1 aromatic carbocycles. The third-order valence-electron chi connectivity index (χ3n) is 10.3. The number of aromatic nitrogens is 2. The van der Waals surface area contributed by atoms with E-state index in [1.54, 1.807) is 10.3 Å². The van der Waals surface area contributed by atoms with E-state index in [0.29, 0.717) is 59.9 Å². The van der Waals surface area contributed by atoms with Gasteiger partial charge in [-0.25, -0.2) is 9.97 Å².